The SMILES string of the molecule is Cc1ccc(Oc2cccc(/C=C3/SC(=S)N(CCC(=O)O)C3=O)c2)cc1. The fraction of sp³-hybridized carbons (Fsp3) is 0.150. The Bertz CT molecular complexity index is 922. The number of aliphatic carboxylic acids is 1. The first-order valence-electron chi connectivity index (χ1n) is 8.24. The van der Waals surface area contributed by atoms with Crippen molar-refractivity contribution in [2.75, 3.05) is 6.54 Å². The van der Waals surface area contributed by atoms with Gasteiger partial charge in [-0.05, 0) is 42.8 Å². The van der Waals surface area contributed by atoms with Crippen LogP contribution >= 0.6 is 24.0 Å². The van der Waals surface area contributed by atoms with Crippen molar-refractivity contribution >= 4 is 46.3 Å². The first kappa shape index (κ1) is 19.1. The summed E-state index contributed by atoms with van der Waals surface area (Å²) >= 11 is 6.37. The van der Waals surface area contributed by atoms with E-state index in [4.69, 9.17) is 22.1 Å². The maximum atomic E-state index is 12.5. The van der Waals surface area contributed by atoms with Crippen LogP contribution in [0.3, 0.4) is 0 Å². The van der Waals surface area contributed by atoms with Crippen LogP contribution in [0.15, 0.2) is 53.4 Å². The molecule has 0 saturated carbocycles. The molecule has 1 aliphatic rings. The highest BCUT2D eigenvalue weighted by Gasteiger charge is 2.32. The maximum Gasteiger partial charge on any atom is 0.305 e. The lowest BCUT2D eigenvalue weighted by atomic mass is 10.2. The molecule has 5 nitrogen and oxygen atoms in total. The topological polar surface area (TPSA) is 66.8 Å². The van der Waals surface area contributed by atoms with Crippen LogP contribution in [0.2, 0.25) is 0 Å². The number of thiocarbonyl (C=S) groups is 1. The van der Waals surface area contributed by atoms with Gasteiger partial charge in [0.2, 0.25) is 0 Å². The van der Waals surface area contributed by atoms with Gasteiger partial charge in [0.1, 0.15) is 15.8 Å². The van der Waals surface area contributed by atoms with Gasteiger partial charge < -0.3 is 9.84 Å². The second kappa shape index (κ2) is 8.37. The summed E-state index contributed by atoms with van der Waals surface area (Å²) in [5, 5.41) is 8.80. The van der Waals surface area contributed by atoms with Crippen molar-refractivity contribution in [3.05, 3.63) is 64.6 Å². The smallest absolute Gasteiger partial charge is 0.305 e. The van der Waals surface area contributed by atoms with Gasteiger partial charge in [0.15, 0.2) is 0 Å². The molecule has 1 amide bonds. The molecule has 3 rings (SSSR count). The highest BCUT2D eigenvalue weighted by molar-refractivity contribution is 8.26. The van der Waals surface area contributed by atoms with Gasteiger partial charge in [-0.25, -0.2) is 0 Å². The molecule has 0 radical (unpaired) electrons. The number of amides is 1. The van der Waals surface area contributed by atoms with Gasteiger partial charge >= 0.3 is 5.97 Å². The van der Waals surface area contributed by atoms with E-state index in [1.807, 2.05) is 55.5 Å². The molecule has 1 fully saturated rings. The summed E-state index contributed by atoms with van der Waals surface area (Å²) in [5.74, 6) is 0.164. The van der Waals surface area contributed by atoms with Gasteiger partial charge in [0.25, 0.3) is 5.91 Å². The van der Waals surface area contributed by atoms with Crippen molar-refractivity contribution in [2.24, 2.45) is 0 Å². The number of hydrogen-bond acceptors (Lipinski definition) is 5. The van der Waals surface area contributed by atoms with Crippen LogP contribution in [0, 0.1) is 6.92 Å². The number of ether oxygens (including phenoxy) is 1. The summed E-state index contributed by atoms with van der Waals surface area (Å²) in [4.78, 5) is 25.0. The molecule has 1 aliphatic heterocycles. The predicted molar refractivity (Wildman–Crippen MR) is 110 cm³/mol. The number of carboxylic acids is 1. The van der Waals surface area contributed by atoms with Gasteiger partial charge in [0, 0.05) is 6.54 Å². The molecule has 2 aromatic rings. The van der Waals surface area contributed by atoms with Gasteiger partial charge in [-0.3, -0.25) is 14.5 Å². The molecular weight excluding hydrogens is 382 g/mol. The van der Waals surface area contributed by atoms with E-state index in [1.54, 1.807) is 6.08 Å². The second-order valence-electron chi connectivity index (χ2n) is 5.96. The van der Waals surface area contributed by atoms with E-state index in [1.165, 1.54) is 16.7 Å². The molecule has 1 N–H and O–H groups in total. The lowest BCUT2D eigenvalue weighted by Gasteiger charge is -2.12. The van der Waals surface area contributed by atoms with E-state index in [0.29, 0.717) is 15.0 Å². The Balaban J connectivity index is 1.75. The third kappa shape index (κ3) is 4.96. The molecule has 27 heavy (non-hydrogen) atoms. The Morgan fingerprint density at radius 1 is 1.22 bits per heavy atom. The van der Waals surface area contributed by atoms with Crippen LogP contribution < -0.4 is 4.74 Å². The summed E-state index contributed by atoms with van der Waals surface area (Å²) in [6, 6.07) is 15.1. The van der Waals surface area contributed by atoms with E-state index >= 15 is 0 Å². The van der Waals surface area contributed by atoms with Crippen LogP contribution in [0.1, 0.15) is 17.5 Å². The van der Waals surface area contributed by atoms with Crippen LogP contribution in [-0.4, -0.2) is 32.7 Å². The number of carboxylic acid groups (broad SMARTS) is 1. The zero-order valence-electron chi connectivity index (χ0n) is 14.5. The Kier molecular flexibility index (Phi) is 5.93. The summed E-state index contributed by atoms with van der Waals surface area (Å²) in [6.45, 7) is 2.09. The number of benzene rings is 2. The molecule has 2 aromatic carbocycles. The standard InChI is InChI=1S/C20H17NO4S2/c1-13-5-7-15(8-6-13)25-16-4-2-3-14(11-16)12-17-19(24)21(20(26)27-17)10-9-18(22)23/h2-8,11-12H,9-10H2,1H3,(H,22,23)/b17-12+. The molecule has 0 bridgehead atoms. The molecule has 0 unspecified atom stereocenters. The lowest BCUT2D eigenvalue weighted by molar-refractivity contribution is -0.137. The largest absolute Gasteiger partial charge is 0.481 e. The number of carbonyl (C=O) groups excluding carboxylic acids is 1. The minimum Gasteiger partial charge on any atom is -0.481 e. The lowest BCUT2D eigenvalue weighted by Crippen LogP contribution is -2.30. The monoisotopic (exact) mass is 399 g/mol. The summed E-state index contributed by atoms with van der Waals surface area (Å²) in [6.07, 6.45) is 1.60. The van der Waals surface area contributed by atoms with E-state index in [2.05, 4.69) is 0 Å². The molecule has 1 saturated heterocycles. The number of thioether (sulfide) groups is 1. The summed E-state index contributed by atoms with van der Waals surface area (Å²) < 4.78 is 6.22. The molecule has 1 heterocycles. The van der Waals surface area contributed by atoms with Crippen molar-refractivity contribution in [2.45, 2.75) is 13.3 Å². The fourth-order valence-corrected chi connectivity index (χ4v) is 3.77. The zero-order chi connectivity index (χ0) is 19.4. The van der Waals surface area contributed by atoms with Crippen molar-refractivity contribution in [1.82, 2.24) is 4.90 Å². The second-order valence-corrected chi connectivity index (χ2v) is 7.64. The average molecular weight is 399 g/mol. The summed E-state index contributed by atoms with van der Waals surface area (Å²) in [5.41, 5.74) is 1.96. The quantitative estimate of drug-likeness (QED) is 0.571. The zero-order valence-corrected chi connectivity index (χ0v) is 16.2. The van der Waals surface area contributed by atoms with E-state index in [0.717, 1.165) is 16.9 Å². The van der Waals surface area contributed by atoms with Crippen LogP contribution in [0.4, 0.5) is 0 Å². The highest BCUT2D eigenvalue weighted by Crippen LogP contribution is 2.33. The number of rotatable bonds is 6. The number of hydrogen-bond donors (Lipinski definition) is 1. The third-order valence-corrected chi connectivity index (χ3v) is 5.21. The fourth-order valence-electron chi connectivity index (χ4n) is 2.46. The van der Waals surface area contributed by atoms with Gasteiger partial charge in [-0.15, -0.1) is 0 Å². The number of nitrogens with zero attached hydrogens (tertiary/aromatic N) is 1. The van der Waals surface area contributed by atoms with Gasteiger partial charge in [-0.2, -0.15) is 0 Å². The van der Waals surface area contributed by atoms with Crippen molar-refractivity contribution in [3.63, 3.8) is 0 Å². The van der Waals surface area contributed by atoms with E-state index < -0.39 is 5.97 Å². The van der Waals surface area contributed by atoms with E-state index in [9.17, 15) is 9.59 Å². The highest BCUT2D eigenvalue weighted by atomic mass is 32.2. The molecular formula is C20H17NO4S2. The Morgan fingerprint density at radius 3 is 2.67 bits per heavy atom. The number of aryl methyl sites for hydroxylation is 1. The summed E-state index contributed by atoms with van der Waals surface area (Å²) in [7, 11) is 0. The van der Waals surface area contributed by atoms with Gasteiger partial charge in [-0.1, -0.05) is 53.8 Å². The van der Waals surface area contributed by atoms with Gasteiger partial charge in [0.05, 0.1) is 11.3 Å². The Hall–Kier alpha value is -2.64. The molecule has 138 valence electrons. The number of carbonyl (C=O) groups is 2. The maximum absolute atomic E-state index is 12.5. The third-order valence-electron chi connectivity index (χ3n) is 3.84. The normalized spacial score (nSPS) is 15.4. The molecule has 0 aromatic heterocycles. The van der Waals surface area contributed by atoms with Crippen LogP contribution in [-0.2, 0) is 9.59 Å². The van der Waals surface area contributed by atoms with E-state index in [-0.39, 0.29) is 18.9 Å². The van der Waals surface area contributed by atoms with Crippen molar-refractivity contribution in [3.8, 4) is 11.5 Å². The Labute approximate surface area is 166 Å². The molecule has 7 heteroatoms. The predicted octanol–water partition coefficient (Wildman–Crippen LogP) is 4.46. The Morgan fingerprint density at radius 2 is 1.96 bits per heavy atom. The molecule has 0 spiro atoms. The molecule has 0 aliphatic carbocycles. The first-order chi connectivity index (χ1) is 12.9. The average Bonchev–Trinajstić information content (AvgIpc) is 2.89. The van der Waals surface area contributed by atoms with Crippen LogP contribution in [0.5, 0.6) is 11.5 Å². The molecule has 0 atom stereocenters. The minimum atomic E-state index is -0.964. The first-order valence-corrected chi connectivity index (χ1v) is 9.46. The van der Waals surface area contributed by atoms with Crippen molar-refractivity contribution < 1.29 is 19.4 Å². The minimum absolute atomic E-state index is 0.0773. The van der Waals surface area contributed by atoms with Crippen molar-refractivity contribution in [1.29, 1.82) is 0 Å². The van der Waals surface area contributed by atoms with Crippen LogP contribution in [0.25, 0.3) is 6.08 Å².